The van der Waals surface area contributed by atoms with Crippen LogP contribution in [0.2, 0.25) is 0 Å². The summed E-state index contributed by atoms with van der Waals surface area (Å²) in [6, 6.07) is 11.8. The van der Waals surface area contributed by atoms with Gasteiger partial charge in [-0.15, -0.1) is 0 Å². The quantitative estimate of drug-likeness (QED) is 0.773. The van der Waals surface area contributed by atoms with Crippen LogP contribution in [0.15, 0.2) is 53.7 Å². The maximum absolute atomic E-state index is 13.0. The van der Waals surface area contributed by atoms with Gasteiger partial charge in [-0.1, -0.05) is 29.8 Å². The molecule has 6 nitrogen and oxygen atoms in total. The van der Waals surface area contributed by atoms with Gasteiger partial charge in [0.1, 0.15) is 4.90 Å². The lowest BCUT2D eigenvalue weighted by Crippen LogP contribution is -2.43. The Balaban J connectivity index is 1.34. The van der Waals surface area contributed by atoms with Gasteiger partial charge in [-0.3, -0.25) is 9.78 Å². The summed E-state index contributed by atoms with van der Waals surface area (Å²) in [4.78, 5) is 19.1. The molecule has 0 N–H and O–H groups in total. The van der Waals surface area contributed by atoms with Crippen molar-refractivity contribution in [3.8, 4) is 0 Å². The summed E-state index contributed by atoms with van der Waals surface area (Å²) in [6.45, 7) is 4.38. The molecule has 2 aliphatic rings. The summed E-state index contributed by atoms with van der Waals surface area (Å²) in [5.41, 5.74) is 2.54. The van der Waals surface area contributed by atoms with Gasteiger partial charge in [0.15, 0.2) is 0 Å². The van der Waals surface area contributed by atoms with Crippen molar-refractivity contribution in [3.63, 3.8) is 0 Å². The van der Waals surface area contributed by atoms with Crippen molar-refractivity contribution in [2.75, 3.05) is 26.2 Å². The lowest BCUT2D eigenvalue weighted by Gasteiger charge is -2.32. The average molecular weight is 414 g/mol. The molecule has 4 rings (SSSR count). The zero-order chi connectivity index (χ0) is 20.4. The van der Waals surface area contributed by atoms with Crippen molar-refractivity contribution in [1.29, 1.82) is 0 Å². The van der Waals surface area contributed by atoms with E-state index in [-0.39, 0.29) is 16.7 Å². The average Bonchev–Trinajstić information content (AvgIpc) is 3.25. The topological polar surface area (TPSA) is 70.6 Å². The van der Waals surface area contributed by atoms with E-state index in [0.29, 0.717) is 31.8 Å². The highest BCUT2D eigenvalue weighted by molar-refractivity contribution is 7.89. The Labute approximate surface area is 172 Å². The standard InChI is InChI=1S/C22H27N3O3S/c1-17-4-6-18(7-5-17)20-8-12-24(16-20)22(26)19-9-13-25(14-10-19)29(27,28)21-3-2-11-23-15-21/h2-7,11,15,19-20H,8-10,12-14,16H2,1H3. The van der Waals surface area contributed by atoms with Gasteiger partial charge in [0.05, 0.1) is 0 Å². The Morgan fingerprint density at radius 1 is 1.03 bits per heavy atom. The Morgan fingerprint density at radius 2 is 1.76 bits per heavy atom. The number of aryl methyl sites for hydroxylation is 1. The third-order valence-electron chi connectivity index (χ3n) is 6.12. The van der Waals surface area contributed by atoms with Crippen molar-refractivity contribution < 1.29 is 13.2 Å². The molecule has 1 atom stereocenters. The van der Waals surface area contributed by atoms with Crippen LogP contribution in [0.5, 0.6) is 0 Å². The zero-order valence-corrected chi connectivity index (χ0v) is 17.5. The van der Waals surface area contributed by atoms with E-state index in [1.807, 2.05) is 4.90 Å². The van der Waals surface area contributed by atoms with Crippen LogP contribution in [0.25, 0.3) is 0 Å². The maximum atomic E-state index is 13.0. The zero-order valence-electron chi connectivity index (χ0n) is 16.7. The molecule has 1 unspecified atom stereocenters. The van der Waals surface area contributed by atoms with E-state index < -0.39 is 10.0 Å². The van der Waals surface area contributed by atoms with Crippen LogP contribution in [-0.4, -0.2) is 54.7 Å². The third kappa shape index (κ3) is 4.21. The first kappa shape index (κ1) is 20.0. The van der Waals surface area contributed by atoms with Crippen LogP contribution in [-0.2, 0) is 14.8 Å². The molecule has 0 saturated carbocycles. The van der Waals surface area contributed by atoms with Gasteiger partial charge in [-0.05, 0) is 43.9 Å². The van der Waals surface area contributed by atoms with Crippen LogP contribution in [0.3, 0.4) is 0 Å². The van der Waals surface area contributed by atoms with E-state index in [9.17, 15) is 13.2 Å². The van der Waals surface area contributed by atoms with E-state index in [4.69, 9.17) is 0 Å². The number of sulfonamides is 1. The van der Waals surface area contributed by atoms with E-state index in [1.165, 1.54) is 21.6 Å². The second-order valence-corrected chi connectivity index (χ2v) is 9.99. The fourth-order valence-corrected chi connectivity index (χ4v) is 5.76. The van der Waals surface area contributed by atoms with Gasteiger partial charge in [0.25, 0.3) is 0 Å². The predicted octanol–water partition coefficient (Wildman–Crippen LogP) is 2.81. The van der Waals surface area contributed by atoms with E-state index in [0.717, 1.165) is 19.5 Å². The van der Waals surface area contributed by atoms with Crippen molar-refractivity contribution in [2.24, 2.45) is 5.92 Å². The lowest BCUT2D eigenvalue weighted by atomic mass is 9.96. The number of nitrogens with zero attached hydrogens (tertiary/aromatic N) is 3. The number of rotatable bonds is 4. The second-order valence-electron chi connectivity index (χ2n) is 8.05. The van der Waals surface area contributed by atoms with Gasteiger partial charge in [0, 0.05) is 50.4 Å². The number of carbonyl (C=O) groups is 1. The molecule has 2 fully saturated rings. The van der Waals surface area contributed by atoms with Crippen molar-refractivity contribution in [1.82, 2.24) is 14.2 Å². The molecule has 0 bridgehead atoms. The van der Waals surface area contributed by atoms with E-state index in [2.05, 4.69) is 36.2 Å². The summed E-state index contributed by atoms with van der Waals surface area (Å²) >= 11 is 0. The smallest absolute Gasteiger partial charge is 0.244 e. The summed E-state index contributed by atoms with van der Waals surface area (Å²) in [5.74, 6) is 0.482. The number of benzene rings is 1. The first-order valence-electron chi connectivity index (χ1n) is 10.2. The van der Waals surface area contributed by atoms with Gasteiger partial charge in [0.2, 0.25) is 15.9 Å². The van der Waals surface area contributed by atoms with Crippen molar-refractivity contribution in [3.05, 3.63) is 59.9 Å². The Hall–Kier alpha value is -2.25. The predicted molar refractivity (Wildman–Crippen MR) is 111 cm³/mol. The molecule has 1 aromatic heterocycles. The molecule has 0 spiro atoms. The molecule has 154 valence electrons. The number of carbonyl (C=O) groups excluding carboxylic acids is 1. The summed E-state index contributed by atoms with van der Waals surface area (Å²) in [7, 11) is -3.53. The summed E-state index contributed by atoms with van der Waals surface area (Å²) in [5, 5.41) is 0. The van der Waals surface area contributed by atoms with E-state index in [1.54, 1.807) is 18.3 Å². The van der Waals surface area contributed by atoms with Crippen molar-refractivity contribution >= 4 is 15.9 Å². The highest BCUT2D eigenvalue weighted by atomic mass is 32.2. The summed E-state index contributed by atoms with van der Waals surface area (Å²) in [6.07, 6.45) is 5.07. The molecule has 2 aliphatic heterocycles. The molecule has 0 aliphatic carbocycles. The number of hydrogen-bond acceptors (Lipinski definition) is 4. The summed E-state index contributed by atoms with van der Waals surface area (Å²) < 4.78 is 26.9. The second kappa shape index (κ2) is 8.24. The van der Waals surface area contributed by atoms with E-state index >= 15 is 0 Å². The molecule has 1 aromatic carbocycles. The molecule has 3 heterocycles. The minimum Gasteiger partial charge on any atom is -0.342 e. The van der Waals surface area contributed by atoms with Crippen LogP contribution < -0.4 is 0 Å². The SMILES string of the molecule is Cc1ccc(C2CCN(C(=O)C3CCN(S(=O)(=O)c4cccnc4)CC3)C2)cc1. The fraction of sp³-hybridized carbons (Fsp3) is 0.455. The van der Waals surface area contributed by atoms with Crippen LogP contribution in [0.1, 0.15) is 36.3 Å². The lowest BCUT2D eigenvalue weighted by molar-refractivity contribution is -0.135. The number of amides is 1. The van der Waals surface area contributed by atoms with Gasteiger partial charge in [-0.25, -0.2) is 8.42 Å². The molecular weight excluding hydrogens is 386 g/mol. The monoisotopic (exact) mass is 413 g/mol. The Kier molecular flexibility index (Phi) is 5.69. The van der Waals surface area contributed by atoms with Crippen LogP contribution >= 0.6 is 0 Å². The fourth-order valence-electron chi connectivity index (χ4n) is 4.32. The van der Waals surface area contributed by atoms with Crippen LogP contribution in [0.4, 0.5) is 0 Å². The van der Waals surface area contributed by atoms with Crippen LogP contribution in [0, 0.1) is 12.8 Å². The number of pyridine rings is 1. The molecule has 7 heteroatoms. The number of piperidine rings is 1. The molecule has 2 aromatic rings. The highest BCUT2D eigenvalue weighted by Gasteiger charge is 2.36. The van der Waals surface area contributed by atoms with Gasteiger partial charge in [-0.2, -0.15) is 4.31 Å². The molecular formula is C22H27N3O3S. The first-order valence-corrected chi connectivity index (χ1v) is 11.6. The maximum Gasteiger partial charge on any atom is 0.244 e. The molecule has 29 heavy (non-hydrogen) atoms. The van der Waals surface area contributed by atoms with Gasteiger partial charge < -0.3 is 4.90 Å². The minimum atomic E-state index is -3.53. The first-order chi connectivity index (χ1) is 13.9. The minimum absolute atomic E-state index is 0.0906. The van der Waals surface area contributed by atoms with Crippen molar-refractivity contribution in [2.45, 2.75) is 37.0 Å². The number of likely N-dealkylation sites (tertiary alicyclic amines) is 1. The number of hydrogen-bond donors (Lipinski definition) is 0. The third-order valence-corrected chi connectivity index (χ3v) is 8.01. The molecule has 0 radical (unpaired) electrons. The Morgan fingerprint density at radius 3 is 2.41 bits per heavy atom. The largest absolute Gasteiger partial charge is 0.342 e. The Bertz CT molecular complexity index is 953. The molecule has 2 saturated heterocycles. The molecule has 1 amide bonds. The normalized spacial score (nSPS) is 21.4. The highest BCUT2D eigenvalue weighted by Crippen LogP contribution is 2.31. The number of aromatic nitrogens is 1. The van der Waals surface area contributed by atoms with Gasteiger partial charge >= 0.3 is 0 Å².